The van der Waals surface area contributed by atoms with E-state index in [0.717, 1.165) is 24.2 Å². The first kappa shape index (κ1) is 15.4. The zero-order valence-electron chi connectivity index (χ0n) is 12.7. The van der Waals surface area contributed by atoms with Crippen LogP contribution in [0.15, 0.2) is 36.4 Å². The van der Waals surface area contributed by atoms with Crippen LogP contribution in [-0.4, -0.2) is 11.0 Å². The molecule has 0 unspecified atom stereocenters. The van der Waals surface area contributed by atoms with Crippen LogP contribution in [-0.2, 0) is 13.0 Å². The zero-order valence-corrected chi connectivity index (χ0v) is 12.7. The summed E-state index contributed by atoms with van der Waals surface area (Å²) in [4.78, 5) is 4.45. The predicted octanol–water partition coefficient (Wildman–Crippen LogP) is 4.07. The van der Waals surface area contributed by atoms with Crippen molar-refractivity contribution in [3.05, 3.63) is 53.5 Å². The SMILES string of the molecule is CCc1cc(CNC(C)C)cc(Oc2ccc(F)cc2)n1. The summed E-state index contributed by atoms with van der Waals surface area (Å²) in [5, 5.41) is 3.38. The van der Waals surface area contributed by atoms with E-state index in [-0.39, 0.29) is 5.82 Å². The van der Waals surface area contributed by atoms with Crippen molar-refractivity contribution in [2.45, 2.75) is 39.8 Å². The molecule has 0 aliphatic heterocycles. The van der Waals surface area contributed by atoms with Crippen molar-refractivity contribution in [1.29, 1.82) is 0 Å². The summed E-state index contributed by atoms with van der Waals surface area (Å²) in [6, 6.07) is 10.4. The van der Waals surface area contributed by atoms with Crippen molar-refractivity contribution in [2.24, 2.45) is 0 Å². The topological polar surface area (TPSA) is 34.1 Å². The lowest BCUT2D eigenvalue weighted by Crippen LogP contribution is -2.22. The first-order chi connectivity index (χ1) is 10.1. The molecule has 0 fully saturated rings. The third-order valence-corrected chi connectivity index (χ3v) is 3.03. The molecule has 0 radical (unpaired) electrons. The van der Waals surface area contributed by atoms with Gasteiger partial charge in [-0.05, 0) is 42.3 Å². The van der Waals surface area contributed by atoms with Gasteiger partial charge in [0.15, 0.2) is 0 Å². The zero-order chi connectivity index (χ0) is 15.2. The molecule has 21 heavy (non-hydrogen) atoms. The van der Waals surface area contributed by atoms with Gasteiger partial charge in [-0.2, -0.15) is 0 Å². The van der Waals surface area contributed by atoms with Crippen molar-refractivity contribution in [1.82, 2.24) is 10.3 Å². The molecule has 1 aromatic heterocycles. The summed E-state index contributed by atoms with van der Waals surface area (Å²) in [6.45, 7) is 7.05. The molecule has 0 spiro atoms. The standard InChI is InChI=1S/C17H21FN2O/c1-4-15-9-13(11-19-12(2)3)10-17(20-15)21-16-7-5-14(18)6-8-16/h5-10,12,19H,4,11H2,1-3H3. The number of halogens is 1. The number of rotatable bonds is 6. The fourth-order valence-electron chi connectivity index (χ4n) is 1.90. The molecule has 0 amide bonds. The van der Waals surface area contributed by atoms with Crippen LogP contribution in [0.4, 0.5) is 4.39 Å². The number of aryl methyl sites for hydroxylation is 1. The Labute approximate surface area is 125 Å². The Morgan fingerprint density at radius 3 is 2.52 bits per heavy atom. The highest BCUT2D eigenvalue weighted by molar-refractivity contribution is 5.31. The second kappa shape index (κ2) is 7.18. The first-order valence-corrected chi connectivity index (χ1v) is 7.23. The number of ether oxygens (including phenoxy) is 1. The Kier molecular flexibility index (Phi) is 5.28. The Hall–Kier alpha value is -1.94. The van der Waals surface area contributed by atoms with Crippen molar-refractivity contribution < 1.29 is 9.13 Å². The maximum absolute atomic E-state index is 12.9. The lowest BCUT2D eigenvalue weighted by atomic mass is 10.2. The van der Waals surface area contributed by atoms with E-state index < -0.39 is 0 Å². The van der Waals surface area contributed by atoms with Crippen LogP contribution < -0.4 is 10.1 Å². The summed E-state index contributed by atoms with van der Waals surface area (Å²) in [7, 11) is 0. The fourth-order valence-corrected chi connectivity index (χ4v) is 1.90. The third kappa shape index (κ3) is 4.83. The summed E-state index contributed by atoms with van der Waals surface area (Å²) >= 11 is 0. The van der Waals surface area contributed by atoms with Crippen molar-refractivity contribution >= 4 is 0 Å². The van der Waals surface area contributed by atoms with Gasteiger partial charge in [-0.1, -0.05) is 20.8 Å². The number of nitrogens with one attached hydrogen (secondary N) is 1. The van der Waals surface area contributed by atoms with Crippen LogP contribution in [0.1, 0.15) is 32.0 Å². The summed E-state index contributed by atoms with van der Waals surface area (Å²) in [5.41, 5.74) is 2.11. The number of hydrogen-bond donors (Lipinski definition) is 1. The number of nitrogens with zero attached hydrogens (tertiary/aromatic N) is 1. The maximum atomic E-state index is 12.9. The molecule has 0 saturated heterocycles. The molecular weight excluding hydrogens is 267 g/mol. The highest BCUT2D eigenvalue weighted by Gasteiger charge is 2.05. The molecule has 2 aromatic rings. The third-order valence-electron chi connectivity index (χ3n) is 3.03. The van der Waals surface area contributed by atoms with E-state index in [1.165, 1.54) is 12.1 Å². The van der Waals surface area contributed by atoms with Crippen molar-refractivity contribution in [3.8, 4) is 11.6 Å². The van der Waals surface area contributed by atoms with Crippen LogP contribution in [0.25, 0.3) is 0 Å². The highest BCUT2D eigenvalue weighted by atomic mass is 19.1. The van der Waals surface area contributed by atoms with E-state index in [1.54, 1.807) is 12.1 Å². The van der Waals surface area contributed by atoms with Crippen LogP contribution in [0.3, 0.4) is 0 Å². The Morgan fingerprint density at radius 1 is 1.19 bits per heavy atom. The predicted molar refractivity (Wildman–Crippen MR) is 82.1 cm³/mol. The highest BCUT2D eigenvalue weighted by Crippen LogP contribution is 2.21. The number of aromatic nitrogens is 1. The average molecular weight is 288 g/mol. The van der Waals surface area contributed by atoms with Gasteiger partial charge in [0, 0.05) is 24.3 Å². The van der Waals surface area contributed by atoms with Gasteiger partial charge in [0.1, 0.15) is 11.6 Å². The minimum absolute atomic E-state index is 0.278. The van der Waals surface area contributed by atoms with Gasteiger partial charge in [-0.3, -0.25) is 0 Å². The molecule has 1 aromatic carbocycles. The molecular formula is C17H21FN2O. The van der Waals surface area contributed by atoms with Gasteiger partial charge >= 0.3 is 0 Å². The maximum Gasteiger partial charge on any atom is 0.219 e. The Bertz CT molecular complexity index is 582. The monoisotopic (exact) mass is 288 g/mol. The molecule has 3 nitrogen and oxygen atoms in total. The second-order valence-corrected chi connectivity index (χ2v) is 5.25. The van der Waals surface area contributed by atoms with E-state index in [9.17, 15) is 4.39 Å². The van der Waals surface area contributed by atoms with Crippen molar-refractivity contribution in [3.63, 3.8) is 0 Å². The minimum Gasteiger partial charge on any atom is -0.439 e. The summed E-state index contributed by atoms with van der Waals surface area (Å²) in [6.07, 6.45) is 0.843. The van der Waals surface area contributed by atoms with Crippen molar-refractivity contribution in [2.75, 3.05) is 0 Å². The van der Waals surface area contributed by atoms with E-state index in [2.05, 4.69) is 37.1 Å². The average Bonchev–Trinajstić information content (AvgIpc) is 2.47. The minimum atomic E-state index is -0.278. The van der Waals surface area contributed by atoms with E-state index in [0.29, 0.717) is 17.7 Å². The van der Waals surface area contributed by atoms with E-state index in [1.807, 2.05) is 6.07 Å². The molecule has 0 aliphatic rings. The van der Waals surface area contributed by atoms with Crippen LogP contribution in [0.5, 0.6) is 11.6 Å². The first-order valence-electron chi connectivity index (χ1n) is 7.23. The smallest absolute Gasteiger partial charge is 0.219 e. The van der Waals surface area contributed by atoms with Gasteiger partial charge in [0.05, 0.1) is 0 Å². The summed E-state index contributed by atoms with van der Waals surface area (Å²) < 4.78 is 18.6. The fraction of sp³-hybridized carbons (Fsp3) is 0.353. The quantitative estimate of drug-likeness (QED) is 0.870. The molecule has 4 heteroatoms. The summed E-state index contributed by atoms with van der Waals surface area (Å²) in [5.74, 6) is 0.848. The molecule has 112 valence electrons. The molecule has 2 rings (SSSR count). The van der Waals surface area contributed by atoms with Gasteiger partial charge in [-0.25, -0.2) is 9.37 Å². The Morgan fingerprint density at radius 2 is 1.90 bits per heavy atom. The van der Waals surface area contributed by atoms with E-state index >= 15 is 0 Å². The lowest BCUT2D eigenvalue weighted by Gasteiger charge is -2.11. The number of pyridine rings is 1. The molecule has 0 atom stereocenters. The molecule has 0 bridgehead atoms. The molecule has 1 heterocycles. The normalized spacial score (nSPS) is 10.9. The van der Waals surface area contributed by atoms with Gasteiger partial charge in [0.2, 0.25) is 5.88 Å². The van der Waals surface area contributed by atoms with Crippen LogP contribution >= 0.6 is 0 Å². The van der Waals surface area contributed by atoms with E-state index in [4.69, 9.17) is 4.74 Å². The molecule has 0 aliphatic carbocycles. The largest absolute Gasteiger partial charge is 0.439 e. The molecule has 0 saturated carbocycles. The Balaban J connectivity index is 2.17. The van der Waals surface area contributed by atoms with Crippen LogP contribution in [0.2, 0.25) is 0 Å². The lowest BCUT2D eigenvalue weighted by molar-refractivity contribution is 0.457. The second-order valence-electron chi connectivity index (χ2n) is 5.25. The van der Waals surface area contributed by atoms with Gasteiger partial charge < -0.3 is 10.1 Å². The van der Waals surface area contributed by atoms with Gasteiger partial charge in [-0.15, -0.1) is 0 Å². The number of benzene rings is 1. The molecule has 1 N–H and O–H groups in total. The number of hydrogen-bond acceptors (Lipinski definition) is 3. The van der Waals surface area contributed by atoms with Crippen LogP contribution in [0, 0.1) is 5.82 Å². The van der Waals surface area contributed by atoms with Gasteiger partial charge in [0.25, 0.3) is 0 Å².